The minimum atomic E-state index is -1.89. The highest BCUT2D eigenvalue weighted by molar-refractivity contribution is 6.35. The molecule has 5 rings (SSSR count). The van der Waals surface area contributed by atoms with E-state index in [1.807, 2.05) is 60.7 Å². The van der Waals surface area contributed by atoms with Gasteiger partial charge in [0, 0.05) is 10.8 Å². The number of rotatable bonds is 4. The largest absolute Gasteiger partial charge is 0.707 e. The Bertz CT molecular complexity index is 1290. The third-order valence-electron chi connectivity index (χ3n) is 5.39. The molecule has 0 spiro atoms. The quantitative estimate of drug-likeness (QED) is 0.307. The van der Waals surface area contributed by atoms with Crippen LogP contribution in [0.5, 0.6) is 5.75 Å². The predicted octanol–water partition coefficient (Wildman–Crippen LogP) is 5.68. The van der Waals surface area contributed by atoms with Crippen LogP contribution in [0.4, 0.5) is 0 Å². The minimum absolute atomic E-state index is 0.470. The second-order valence-corrected chi connectivity index (χ2v) is 7.15. The monoisotopic (exact) mass is 390 g/mol. The van der Waals surface area contributed by atoms with Crippen molar-refractivity contribution in [3.05, 3.63) is 103 Å². The molecule has 0 aliphatic rings. The molecule has 5 aromatic carbocycles. The highest BCUT2D eigenvalue weighted by atomic mass is 16.6. The summed E-state index contributed by atoms with van der Waals surface area (Å²) in [6, 6.07) is 34.6. The van der Waals surface area contributed by atoms with E-state index in [1.54, 1.807) is 0 Å². The van der Waals surface area contributed by atoms with Gasteiger partial charge in [0.2, 0.25) is 0 Å². The number of fused-ring (bicyclic) bond motifs is 2. The van der Waals surface area contributed by atoms with Gasteiger partial charge in [-0.15, -0.1) is 0 Å². The maximum absolute atomic E-state index is 9.54. The van der Waals surface area contributed by atoms with E-state index in [2.05, 4.69) is 42.5 Å². The molecule has 0 unspecified atom stereocenters. The van der Waals surface area contributed by atoms with Gasteiger partial charge in [0.25, 0.3) is 0 Å². The number of hydrogen-bond acceptors (Lipinski definition) is 3. The van der Waals surface area contributed by atoms with Gasteiger partial charge in [-0.05, 0) is 33.0 Å². The van der Waals surface area contributed by atoms with E-state index in [1.165, 1.54) is 0 Å². The van der Waals surface area contributed by atoms with Crippen LogP contribution in [-0.2, 0) is 0 Å². The van der Waals surface area contributed by atoms with Crippen LogP contribution in [0.15, 0.2) is 103 Å². The van der Waals surface area contributed by atoms with Crippen LogP contribution in [0.2, 0.25) is 0 Å². The van der Waals surface area contributed by atoms with Crippen molar-refractivity contribution in [1.82, 2.24) is 0 Å². The molecule has 0 heterocycles. The van der Waals surface area contributed by atoms with Crippen molar-refractivity contribution in [2.45, 2.75) is 0 Å². The van der Waals surface area contributed by atoms with E-state index in [4.69, 9.17) is 4.65 Å². The van der Waals surface area contributed by atoms with Gasteiger partial charge in [0.1, 0.15) is 5.75 Å². The first-order valence-corrected chi connectivity index (χ1v) is 9.85. The lowest BCUT2D eigenvalue weighted by molar-refractivity contribution is 0.291. The SMILES string of the molecule is OB(O)Oc1c2ccccc2c(-c2ccccc2-c2ccccc2)c2ccccc12. The van der Waals surface area contributed by atoms with Gasteiger partial charge in [-0.3, -0.25) is 0 Å². The molecule has 0 atom stereocenters. The molecule has 0 radical (unpaired) electrons. The van der Waals surface area contributed by atoms with Gasteiger partial charge in [-0.1, -0.05) is 103 Å². The van der Waals surface area contributed by atoms with Gasteiger partial charge in [0.15, 0.2) is 0 Å². The van der Waals surface area contributed by atoms with E-state index >= 15 is 0 Å². The zero-order valence-corrected chi connectivity index (χ0v) is 16.2. The molecular weight excluding hydrogens is 371 g/mol. The summed E-state index contributed by atoms with van der Waals surface area (Å²) in [5.74, 6) is 0.470. The lowest BCUT2D eigenvalue weighted by atomic mass is 9.87. The second-order valence-electron chi connectivity index (χ2n) is 7.15. The van der Waals surface area contributed by atoms with E-state index in [-0.39, 0.29) is 0 Å². The Labute approximate surface area is 175 Å². The molecule has 30 heavy (non-hydrogen) atoms. The summed E-state index contributed by atoms with van der Waals surface area (Å²) in [5.41, 5.74) is 4.50. The van der Waals surface area contributed by atoms with Gasteiger partial charge in [0.05, 0.1) is 0 Å². The van der Waals surface area contributed by atoms with Crippen LogP contribution in [-0.4, -0.2) is 17.4 Å². The summed E-state index contributed by atoms with van der Waals surface area (Å²) in [6.45, 7) is 0. The lowest BCUT2D eigenvalue weighted by Gasteiger charge is -2.19. The van der Waals surface area contributed by atoms with Crippen LogP contribution in [0.1, 0.15) is 0 Å². The van der Waals surface area contributed by atoms with E-state index < -0.39 is 7.32 Å². The predicted molar refractivity (Wildman–Crippen MR) is 123 cm³/mol. The van der Waals surface area contributed by atoms with Crippen molar-refractivity contribution >= 4 is 28.9 Å². The van der Waals surface area contributed by atoms with Crippen LogP contribution < -0.4 is 4.65 Å². The molecule has 4 heteroatoms. The average Bonchev–Trinajstić information content (AvgIpc) is 2.79. The van der Waals surface area contributed by atoms with Gasteiger partial charge >= 0.3 is 7.32 Å². The first-order valence-electron chi connectivity index (χ1n) is 9.85. The molecule has 0 saturated carbocycles. The summed E-state index contributed by atoms with van der Waals surface area (Å²) in [7, 11) is -1.89. The fraction of sp³-hybridized carbons (Fsp3) is 0. The molecule has 2 N–H and O–H groups in total. The first-order chi connectivity index (χ1) is 14.7. The zero-order valence-electron chi connectivity index (χ0n) is 16.2. The fourth-order valence-corrected chi connectivity index (χ4v) is 4.18. The van der Waals surface area contributed by atoms with Crippen molar-refractivity contribution in [3.63, 3.8) is 0 Å². The second kappa shape index (κ2) is 7.67. The van der Waals surface area contributed by atoms with Crippen LogP contribution in [0.3, 0.4) is 0 Å². The van der Waals surface area contributed by atoms with E-state index in [0.717, 1.165) is 43.8 Å². The average molecular weight is 390 g/mol. The van der Waals surface area contributed by atoms with Crippen molar-refractivity contribution < 1.29 is 14.7 Å². The maximum atomic E-state index is 9.54. The van der Waals surface area contributed by atoms with E-state index in [0.29, 0.717) is 5.75 Å². The molecule has 0 aliphatic carbocycles. The normalized spacial score (nSPS) is 11.0. The summed E-state index contributed by atoms with van der Waals surface area (Å²) in [4.78, 5) is 0. The Morgan fingerprint density at radius 2 is 0.967 bits per heavy atom. The number of benzene rings is 5. The van der Waals surface area contributed by atoms with Gasteiger partial charge in [-0.2, -0.15) is 0 Å². The third kappa shape index (κ3) is 3.13. The molecule has 0 amide bonds. The van der Waals surface area contributed by atoms with Gasteiger partial charge < -0.3 is 14.7 Å². The molecular formula is C26H19BO3. The Morgan fingerprint density at radius 1 is 0.500 bits per heavy atom. The highest BCUT2D eigenvalue weighted by Crippen LogP contribution is 2.45. The summed E-state index contributed by atoms with van der Waals surface area (Å²) in [5, 5.41) is 22.7. The molecule has 0 fully saturated rings. The summed E-state index contributed by atoms with van der Waals surface area (Å²) < 4.78 is 5.46. The molecule has 144 valence electrons. The highest BCUT2D eigenvalue weighted by Gasteiger charge is 2.21. The van der Waals surface area contributed by atoms with Crippen molar-refractivity contribution in [2.24, 2.45) is 0 Å². The fourth-order valence-electron chi connectivity index (χ4n) is 4.18. The number of hydrogen-bond donors (Lipinski definition) is 2. The summed E-state index contributed by atoms with van der Waals surface area (Å²) in [6.07, 6.45) is 0. The molecule has 0 saturated heterocycles. The van der Waals surface area contributed by atoms with Crippen molar-refractivity contribution in [1.29, 1.82) is 0 Å². The maximum Gasteiger partial charge on any atom is 0.707 e. The zero-order chi connectivity index (χ0) is 20.5. The van der Waals surface area contributed by atoms with Crippen molar-refractivity contribution in [2.75, 3.05) is 0 Å². The minimum Gasteiger partial charge on any atom is -0.511 e. The lowest BCUT2D eigenvalue weighted by Crippen LogP contribution is -2.21. The van der Waals surface area contributed by atoms with Crippen LogP contribution in [0, 0.1) is 0 Å². The molecule has 0 aliphatic heterocycles. The summed E-state index contributed by atoms with van der Waals surface area (Å²) >= 11 is 0. The smallest absolute Gasteiger partial charge is 0.511 e. The van der Waals surface area contributed by atoms with Crippen molar-refractivity contribution in [3.8, 4) is 28.0 Å². The standard InChI is InChI=1S/C26H19BO3/c28-27(29)30-26-23-16-8-6-14-21(23)25(22-15-7-9-17-24(22)26)20-13-5-4-12-19(20)18-10-2-1-3-11-18/h1-17,28-29H. The molecule has 0 bridgehead atoms. The Balaban J connectivity index is 1.92. The van der Waals surface area contributed by atoms with Gasteiger partial charge in [-0.25, -0.2) is 0 Å². The molecule has 0 aromatic heterocycles. The Hall–Kier alpha value is -3.60. The third-order valence-corrected chi connectivity index (χ3v) is 5.39. The molecule has 5 aromatic rings. The Kier molecular flexibility index (Phi) is 4.72. The first kappa shape index (κ1) is 18.4. The molecule has 3 nitrogen and oxygen atoms in total. The Morgan fingerprint density at radius 3 is 1.53 bits per heavy atom. The van der Waals surface area contributed by atoms with Crippen LogP contribution in [0.25, 0.3) is 43.8 Å². The van der Waals surface area contributed by atoms with Crippen LogP contribution >= 0.6 is 0 Å². The van der Waals surface area contributed by atoms with E-state index in [9.17, 15) is 10.0 Å². The topological polar surface area (TPSA) is 49.7 Å².